The zero-order valence-electron chi connectivity index (χ0n) is 12.6. The van der Waals surface area contributed by atoms with E-state index >= 15 is 0 Å². The minimum atomic E-state index is -1.96. The van der Waals surface area contributed by atoms with E-state index in [-0.39, 0.29) is 21.7 Å². The van der Waals surface area contributed by atoms with Crippen LogP contribution < -0.4 is 20.4 Å². The first-order valence-corrected chi connectivity index (χ1v) is 5.80. The van der Waals surface area contributed by atoms with Gasteiger partial charge >= 0.3 is 27.7 Å². The summed E-state index contributed by atoms with van der Waals surface area (Å²) in [6, 6.07) is 0. The molecule has 4 N–H and O–H groups in total. The van der Waals surface area contributed by atoms with Gasteiger partial charge < -0.3 is 60.0 Å². The fraction of sp³-hybridized carbons (Fsp3) is 0.545. The van der Waals surface area contributed by atoms with E-state index in [1.54, 1.807) is 0 Å². The van der Waals surface area contributed by atoms with Gasteiger partial charge in [-0.3, -0.25) is 4.79 Å². The summed E-state index contributed by atoms with van der Waals surface area (Å²) in [6.45, 7) is 1.13. The molecule has 25 heavy (non-hydrogen) atoms. The number of carbonyl (C=O) groups excluding carboxylic acids is 4. The molecule has 0 aliphatic rings. The summed E-state index contributed by atoms with van der Waals surface area (Å²) < 4.78 is 0. The van der Waals surface area contributed by atoms with Crippen molar-refractivity contribution in [1.29, 1.82) is 0 Å². The number of aliphatic hydroxyl groups excluding tert-OH is 3. The molecule has 0 fully saturated rings. The van der Waals surface area contributed by atoms with Crippen molar-refractivity contribution >= 4 is 29.8 Å². The molecule has 0 aromatic heterocycles. The fourth-order valence-corrected chi connectivity index (χ4v) is 0.490. The Morgan fingerprint density at radius 3 is 1.12 bits per heavy atom. The summed E-state index contributed by atoms with van der Waals surface area (Å²) in [7, 11) is 0. The van der Waals surface area contributed by atoms with Gasteiger partial charge in [0, 0.05) is 12.4 Å². The third-order valence-corrected chi connectivity index (χ3v) is 1.61. The second-order valence-corrected chi connectivity index (χ2v) is 3.84. The standard InChI is InChI=1S/2C4H6O5.C3H6O3.Ti/c2*5-2(4(8)9)1-3(6)7;1-2(4)3(5)6;/h2*2,5H,1H2,(H,6,7)(H,8,9);2,4H,1H3,(H,5,6);/q;;;+4/p-4. The molecular weight excluding hydrogens is 388 g/mol. The van der Waals surface area contributed by atoms with E-state index in [0.717, 1.165) is 6.92 Å². The van der Waals surface area contributed by atoms with Crippen molar-refractivity contribution < 1.29 is 86.5 Å². The third-order valence-electron chi connectivity index (χ3n) is 1.61. The van der Waals surface area contributed by atoms with Gasteiger partial charge in [0.15, 0.2) is 0 Å². The van der Waals surface area contributed by atoms with Crippen LogP contribution in [0.4, 0.5) is 0 Å². The van der Waals surface area contributed by atoms with Gasteiger partial charge in [0.25, 0.3) is 0 Å². The van der Waals surface area contributed by atoms with E-state index in [1.165, 1.54) is 0 Å². The van der Waals surface area contributed by atoms with E-state index in [9.17, 15) is 44.4 Å². The second kappa shape index (κ2) is 16.8. The predicted molar refractivity (Wildman–Crippen MR) is 60.6 cm³/mol. The summed E-state index contributed by atoms with van der Waals surface area (Å²) in [5.74, 6) is -8.00. The first-order valence-electron chi connectivity index (χ1n) is 5.80. The normalized spacial score (nSPS) is 12.3. The van der Waals surface area contributed by atoms with Crippen molar-refractivity contribution in [2.45, 2.75) is 38.1 Å². The molecule has 0 aliphatic carbocycles. The fourth-order valence-electron chi connectivity index (χ4n) is 0.490. The zero-order valence-corrected chi connectivity index (χ0v) is 14.2. The third kappa shape index (κ3) is 27.1. The van der Waals surface area contributed by atoms with Gasteiger partial charge in [0.2, 0.25) is 0 Å². The Bertz CT molecular complexity index is 415. The van der Waals surface area contributed by atoms with Gasteiger partial charge in [-0.05, 0) is 6.92 Å². The minimum Gasteiger partial charge on any atom is -0.550 e. The van der Waals surface area contributed by atoms with Gasteiger partial charge in [0.1, 0.15) is 6.10 Å². The summed E-state index contributed by atoms with van der Waals surface area (Å²) >= 11 is 0. The average molecular weight is 402 g/mol. The van der Waals surface area contributed by atoms with E-state index < -0.39 is 61.0 Å². The Morgan fingerprint density at radius 1 is 0.760 bits per heavy atom. The maximum absolute atomic E-state index is 9.66. The van der Waals surface area contributed by atoms with Crippen molar-refractivity contribution in [2.75, 3.05) is 0 Å². The summed E-state index contributed by atoms with van der Waals surface area (Å²) in [5.41, 5.74) is 0. The number of hydrogen-bond donors (Lipinski definition) is 4. The van der Waals surface area contributed by atoms with E-state index in [2.05, 4.69) is 0 Å². The number of carboxylic acid groups (broad SMARTS) is 5. The first-order chi connectivity index (χ1) is 10.7. The Labute approximate surface area is 155 Å². The molecular formula is C11H14O13Ti. The molecule has 0 aromatic carbocycles. The SMILES string of the molecule is CC(O)C(=O)[O-].O=C(O)CC(O)C(=O)[O-].O=C([O-])CC(O)C(=O)[O-].[Ti+4]. The van der Waals surface area contributed by atoms with Crippen molar-refractivity contribution in [2.24, 2.45) is 0 Å². The van der Waals surface area contributed by atoms with Crippen molar-refractivity contribution in [3.05, 3.63) is 0 Å². The molecule has 0 saturated heterocycles. The smallest absolute Gasteiger partial charge is 0.550 e. The van der Waals surface area contributed by atoms with Crippen LogP contribution in [0.15, 0.2) is 0 Å². The molecule has 0 saturated carbocycles. The Morgan fingerprint density at radius 2 is 1.04 bits per heavy atom. The maximum Gasteiger partial charge on any atom is 4.00 e. The van der Waals surface area contributed by atoms with Gasteiger partial charge in [-0.25, -0.2) is 0 Å². The van der Waals surface area contributed by atoms with Crippen LogP contribution in [0.3, 0.4) is 0 Å². The Hall–Kier alpha value is -2.06. The Kier molecular flexibility index (Phi) is 20.7. The van der Waals surface area contributed by atoms with E-state index in [0.29, 0.717) is 0 Å². The molecule has 14 heteroatoms. The zero-order chi connectivity index (χ0) is 20.0. The topological polar surface area (TPSA) is 259 Å². The van der Waals surface area contributed by atoms with Gasteiger partial charge in [-0.15, -0.1) is 0 Å². The molecule has 140 valence electrons. The average Bonchev–Trinajstić information content (AvgIpc) is 2.38. The van der Waals surface area contributed by atoms with Crippen molar-refractivity contribution in [3.63, 3.8) is 0 Å². The number of rotatable bonds is 7. The van der Waals surface area contributed by atoms with E-state index in [1.807, 2.05) is 0 Å². The molecule has 3 unspecified atom stereocenters. The number of carbonyl (C=O) groups is 5. The van der Waals surface area contributed by atoms with E-state index in [4.69, 9.17) is 20.4 Å². The summed E-state index contributed by atoms with van der Waals surface area (Å²) in [4.78, 5) is 47.7. The van der Waals surface area contributed by atoms with Crippen molar-refractivity contribution in [1.82, 2.24) is 0 Å². The van der Waals surface area contributed by atoms with Crippen LogP contribution >= 0.6 is 0 Å². The molecule has 0 heterocycles. The molecule has 13 nitrogen and oxygen atoms in total. The molecule has 0 amide bonds. The van der Waals surface area contributed by atoms with Crippen LogP contribution in [0.1, 0.15) is 19.8 Å². The van der Waals surface area contributed by atoms with Crippen LogP contribution in [0, 0.1) is 0 Å². The van der Waals surface area contributed by atoms with Crippen molar-refractivity contribution in [3.8, 4) is 0 Å². The van der Waals surface area contributed by atoms with Crippen LogP contribution in [-0.4, -0.2) is 68.6 Å². The summed E-state index contributed by atoms with van der Waals surface area (Å²) in [6.07, 6.45) is -6.95. The molecule has 0 spiro atoms. The van der Waals surface area contributed by atoms with Gasteiger partial charge in [0.05, 0.1) is 36.5 Å². The number of carboxylic acids is 5. The van der Waals surface area contributed by atoms with Crippen LogP contribution in [0.5, 0.6) is 0 Å². The van der Waals surface area contributed by atoms with Crippen LogP contribution in [-0.2, 0) is 45.7 Å². The van der Waals surface area contributed by atoms with Crippen LogP contribution in [0.25, 0.3) is 0 Å². The number of hydrogen-bond acceptors (Lipinski definition) is 12. The summed E-state index contributed by atoms with van der Waals surface area (Å²) in [5, 5.41) is 70.4. The van der Waals surface area contributed by atoms with Gasteiger partial charge in [-0.1, -0.05) is 0 Å². The van der Waals surface area contributed by atoms with Gasteiger partial charge in [-0.2, -0.15) is 0 Å². The largest absolute Gasteiger partial charge is 4.00 e. The molecule has 0 aliphatic heterocycles. The Balaban J connectivity index is -0.000000133. The molecule has 0 aromatic rings. The van der Waals surface area contributed by atoms with Crippen LogP contribution in [0.2, 0.25) is 0 Å². The molecule has 0 rings (SSSR count). The number of aliphatic carboxylic acids is 5. The minimum absolute atomic E-state index is 0. The monoisotopic (exact) mass is 402 g/mol. The second-order valence-electron chi connectivity index (χ2n) is 3.84. The molecule has 3 atom stereocenters. The quantitative estimate of drug-likeness (QED) is 0.289. The maximum atomic E-state index is 9.66. The first kappa shape index (κ1) is 30.8. The predicted octanol–water partition coefficient (Wildman–Crippen LogP) is -8.08. The molecule has 0 radical (unpaired) electrons. The molecule has 0 bridgehead atoms. The number of aliphatic hydroxyl groups is 3.